The van der Waals surface area contributed by atoms with E-state index in [0.29, 0.717) is 6.42 Å². The quantitative estimate of drug-likeness (QED) is 0.677. The van der Waals surface area contributed by atoms with E-state index in [-0.39, 0.29) is 0 Å². The number of rotatable bonds is 3. The normalized spacial score (nSPS) is 12.9. The lowest BCUT2D eigenvalue weighted by Gasteiger charge is -2.12. The summed E-state index contributed by atoms with van der Waals surface area (Å²) in [5.74, 6) is 0. The molecule has 0 aliphatic heterocycles. The molecule has 0 aliphatic rings. The summed E-state index contributed by atoms with van der Waals surface area (Å²) in [6.07, 6.45) is 0.916. The van der Waals surface area contributed by atoms with Crippen molar-refractivity contribution in [3.63, 3.8) is 0 Å². The van der Waals surface area contributed by atoms with Gasteiger partial charge in [-0.2, -0.15) is 0 Å². The predicted octanol–water partition coefficient (Wildman–Crippen LogP) is 5.25. The molecule has 0 aliphatic carbocycles. The molecule has 1 radical (unpaired) electrons. The molecule has 0 spiro atoms. The minimum atomic E-state index is -0.656. The molecular weight excluding hydrogens is 376 g/mol. The van der Waals surface area contributed by atoms with Crippen LogP contribution in [0.15, 0.2) is 25.6 Å². The average Bonchev–Trinajstić information content (AvgIpc) is 2.01. The molecule has 0 bridgehead atoms. The van der Waals surface area contributed by atoms with Crippen LogP contribution in [-0.4, -0.2) is 0 Å². The molecule has 0 saturated heterocycles. The Morgan fingerprint density at radius 2 is 1.71 bits per heavy atom. The Morgan fingerprint density at radius 3 is 2.14 bits per heavy atom. The van der Waals surface area contributed by atoms with Crippen molar-refractivity contribution in [3.8, 4) is 0 Å². The highest BCUT2D eigenvalue weighted by molar-refractivity contribution is 9.11. The second kappa shape index (κ2) is 5.64. The van der Waals surface area contributed by atoms with E-state index in [1.54, 1.807) is 0 Å². The first-order chi connectivity index (χ1) is 6.56. The number of benzene rings is 1. The third-order valence-electron chi connectivity index (χ3n) is 1.92. The standard InChI is InChI=1S/C10H10Br3O/c1-2-3-9(14)10-7(12)4-6(11)5-8(10)13/h4-5,9H,2-3H2,1H3. The maximum Gasteiger partial charge on any atom is 0.120 e. The molecule has 0 fully saturated rings. The first-order valence-electron chi connectivity index (χ1n) is 4.36. The largest absolute Gasteiger partial charge is 0.228 e. The van der Waals surface area contributed by atoms with Gasteiger partial charge in [0.25, 0.3) is 0 Å². The van der Waals surface area contributed by atoms with Crippen LogP contribution < -0.4 is 0 Å². The first-order valence-corrected chi connectivity index (χ1v) is 6.74. The first kappa shape index (κ1) is 12.7. The van der Waals surface area contributed by atoms with Gasteiger partial charge < -0.3 is 0 Å². The average molecular weight is 386 g/mol. The van der Waals surface area contributed by atoms with Crippen molar-refractivity contribution in [2.75, 3.05) is 0 Å². The van der Waals surface area contributed by atoms with E-state index in [4.69, 9.17) is 0 Å². The second-order valence-corrected chi connectivity index (χ2v) is 5.68. The zero-order valence-electron chi connectivity index (χ0n) is 7.69. The Balaban J connectivity index is 3.07. The molecule has 1 aromatic carbocycles. The third kappa shape index (κ3) is 3.05. The maximum atomic E-state index is 11.8. The van der Waals surface area contributed by atoms with Crippen LogP contribution >= 0.6 is 47.8 Å². The van der Waals surface area contributed by atoms with Crippen molar-refractivity contribution >= 4 is 47.8 Å². The van der Waals surface area contributed by atoms with Crippen LogP contribution in [0.1, 0.15) is 31.4 Å². The van der Waals surface area contributed by atoms with Crippen molar-refractivity contribution in [1.82, 2.24) is 0 Å². The molecule has 1 aromatic rings. The third-order valence-corrected chi connectivity index (χ3v) is 3.69. The van der Waals surface area contributed by atoms with Gasteiger partial charge in [0.1, 0.15) is 6.10 Å². The molecule has 0 amide bonds. The Labute approximate surface area is 109 Å². The minimum absolute atomic E-state index is 0.656. The highest BCUT2D eigenvalue weighted by atomic mass is 79.9. The molecular formula is C10H10Br3O. The van der Waals surface area contributed by atoms with Crippen LogP contribution in [0.3, 0.4) is 0 Å². The van der Waals surface area contributed by atoms with Crippen molar-refractivity contribution in [3.05, 3.63) is 31.1 Å². The van der Waals surface area contributed by atoms with Gasteiger partial charge in [-0.05, 0) is 18.6 Å². The minimum Gasteiger partial charge on any atom is -0.228 e. The fraction of sp³-hybridized carbons (Fsp3) is 0.400. The van der Waals surface area contributed by atoms with Crippen LogP contribution in [-0.2, 0) is 5.11 Å². The van der Waals surface area contributed by atoms with Crippen molar-refractivity contribution in [2.24, 2.45) is 0 Å². The lowest BCUT2D eigenvalue weighted by Crippen LogP contribution is -1.97. The molecule has 1 rings (SSSR count). The fourth-order valence-electron chi connectivity index (χ4n) is 1.27. The maximum absolute atomic E-state index is 11.8. The van der Waals surface area contributed by atoms with E-state index in [1.165, 1.54) is 0 Å². The zero-order valence-corrected chi connectivity index (χ0v) is 12.4. The van der Waals surface area contributed by atoms with Gasteiger partial charge in [0.05, 0.1) is 0 Å². The predicted molar refractivity (Wildman–Crippen MR) is 67.9 cm³/mol. The fourth-order valence-corrected chi connectivity index (χ4v) is 4.04. The zero-order chi connectivity index (χ0) is 10.7. The van der Waals surface area contributed by atoms with Crippen LogP contribution in [0.25, 0.3) is 0 Å². The summed E-state index contributed by atoms with van der Waals surface area (Å²) in [5.41, 5.74) is 0.815. The molecule has 1 atom stereocenters. The van der Waals surface area contributed by atoms with Crippen molar-refractivity contribution < 1.29 is 5.11 Å². The van der Waals surface area contributed by atoms with Crippen molar-refractivity contribution in [2.45, 2.75) is 25.9 Å². The van der Waals surface area contributed by atoms with E-state index in [1.807, 2.05) is 19.1 Å². The summed E-state index contributed by atoms with van der Waals surface area (Å²) >= 11 is 10.2. The highest BCUT2D eigenvalue weighted by Gasteiger charge is 2.16. The lowest BCUT2D eigenvalue weighted by atomic mass is 10.1. The number of halogens is 3. The molecule has 14 heavy (non-hydrogen) atoms. The van der Waals surface area contributed by atoms with Crippen LogP contribution in [0.4, 0.5) is 0 Å². The molecule has 1 unspecified atom stereocenters. The summed E-state index contributed by atoms with van der Waals surface area (Å²) in [4.78, 5) is 0. The van der Waals surface area contributed by atoms with Gasteiger partial charge in [-0.1, -0.05) is 61.1 Å². The van der Waals surface area contributed by atoms with E-state index < -0.39 is 6.10 Å². The molecule has 77 valence electrons. The molecule has 0 N–H and O–H groups in total. The van der Waals surface area contributed by atoms with Crippen LogP contribution in [0.2, 0.25) is 0 Å². The monoisotopic (exact) mass is 383 g/mol. The summed E-state index contributed by atoms with van der Waals surface area (Å²) in [6, 6.07) is 3.81. The number of hydrogen-bond donors (Lipinski definition) is 0. The van der Waals surface area contributed by atoms with Gasteiger partial charge in [0, 0.05) is 19.0 Å². The van der Waals surface area contributed by atoms with Crippen LogP contribution in [0, 0.1) is 0 Å². The van der Waals surface area contributed by atoms with Crippen molar-refractivity contribution in [1.29, 1.82) is 0 Å². The topological polar surface area (TPSA) is 19.9 Å². The summed E-state index contributed by atoms with van der Waals surface area (Å²) < 4.78 is 2.70. The van der Waals surface area contributed by atoms with Crippen LogP contribution in [0.5, 0.6) is 0 Å². The van der Waals surface area contributed by atoms with E-state index in [2.05, 4.69) is 47.8 Å². The van der Waals surface area contributed by atoms with E-state index in [9.17, 15) is 5.11 Å². The SMILES string of the molecule is CCCC([O])c1c(Br)cc(Br)cc1Br. The highest BCUT2D eigenvalue weighted by Crippen LogP contribution is 2.35. The molecule has 4 heteroatoms. The molecule has 0 aromatic heterocycles. The van der Waals surface area contributed by atoms with Gasteiger partial charge in [0.15, 0.2) is 0 Å². The Kier molecular flexibility index (Phi) is 5.11. The molecule has 0 heterocycles. The summed E-state index contributed by atoms with van der Waals surface area (Å²) in [6.45, 7) is 2.02. The van der Waals surface area contributed by atoms with E-state index >= 15 is 0 Å². The van der Waals surface area contributed by atoms with Gasteiger partial charge >= 0.3 is 0 Å². The number of hydrogen-bond acceptors (Lipinski definition) is 0. The van der Waals surface area contributed by atoms with Gasteiger partial charge in [-0.15, -0.1) is 0 Å². The van der Waals surface area contributed by atoms with Gasteiger partial charge in [-0.3, -0.25) is 0 Å². The Morgan fingerprint density at radius 1 is 1.21 bits per heavy atom. The van der Waals surface area contributed by atoms with E-state index in [0.717, 1.165) is 25.4 Å². The molecule has 1 nitrogen and oxygen atoms in total. The smallest absolute Gasteiger partial charge is 0.120 e. The van der Waals surface area contributed by atoms with Gasteiger partial charge in [0.2, 0.25) is 0 Å². The Hall–Kier alpha value is 0.620. The second-order valence-electron chi connectivity index (χ2n) is 3.06. The Bertz CT molecular complexity index is 302. The lowest BCUT2D eigenvalue weighted by molar-refractivity contribution is 0.0793. The van der Waals surface area contributed by atoms with Gasteiger partial charge in [-0.25, -0.2) is 5.11 Å². The summed E-state index contributed by atoms with van der Waals surface area (Å²) in [7, 11) is 0. The summed E-state index contributed by atoms with van der Waals surface area (Å²) in [5, 5.41) is 11.8. The molecule has 0 saturated carbocycles.